The number of hydrogen-bond donors (Lipinski definition) is 1. The highest BCUT2D eigenvalue weighted by atomic mass is 16.3. The summed E-state index contributed by atoms with van der Waals surface area (Å²) in [6, 6.07) is 33.9. The summed E-state index contributed by atoms with van der Waals surface area (Å²) < 4.78 is 8.66. The largest absolute Gasteiger partial charge is 0.456 e. The first-order valence-corrected chi connectivity index (χ1v) is 12.5. The Labute approximate surface area is 213 Å². The molecule has 0 saturated heterocycles. The Morgan fingerprint density at radius 1 is 0.784 bits per heavy atom. The standard InChI is InChI=1S/C33H23N3O/c1-20-23-13-7-9-18-29(23)37-30(20)19-26-21(2)34-33-32(26)35(22-11-4-3-5-12-22)28-17-10-15-25-24-14-6-8-16-27(24)36(33)31(25)28/h3-19,34H,1H2,2H3/b30-19+. The number of anilines is 3. The molecule has 0 unspecified atom stereocenters. The highest BCUT2D eigenvalue weighted by Crippen LogP contribution is 2.51. The normalized spacial score (nSPS) is 13.2. The highest BCUT2D eigenvalue weighted by molar-refractivity contribution is 6.16. The fourth-order valence-corrected chi connectivity index (χ4v) is 5.92. The van der Waals surface area contributed by atoms with Crippen LogP contribution in [0.25, 0.3) is 51.2 Å². The van der Waals surface area contributed by atoms with Crippen LogP contribution >= 0.6 is 0 Å². The first kappa shape index (κ1) is 20.3. The number of nitrogens with zero attached hydrogens (tertiary/aromatic N) is 2. The predicted octanol–water partition coefficient (Wildman–Crippen LogP) is 7.19. The van der Waals surface area contributed by atoms with Crippen LogP contribution < -0.4 is 15.5 Å². The van der Waals surface area contributed by atoms with Crippen molar-refractivity contribution in [1.82, 2.24) is 9.55 Å². The molecule has 4 heterocycles. The van der Waals surface area contributed by atoms with E-state index in [0.29, 0.717) is 0 Å². The van der Waals surface area contributed by atoms with Crippen molar-refractivity contribution in [3.05, 3.63) is 119 Å². The summed E-state index contributed by atoms with van der Waals surface area (Å²) in [6.45, 7) is 6.49. The Morgan fingerprint density at radius 3 is 2.35 bits per heavy atom. The first-order chi connectivity index (χ1) is 18.2. The predicted molar refractivity (Wildman–Crippen MR) is 153 cm³/mol. The minimum Gasteiger partial charge on any atom is -0.456 e. The van der Waals surface area contributed by atoms with Gasteiger partial charge in [0.15, 0.2) is 0 Å². The van der Waals surface area contributed by atoms with Crippen molar-refractivity contribution in [1.29, 1.82) is 0 Å². The van der Waals surface area contributed by atoms with Gasteiger partial charge in [0.05, 0.1) is 22.4 Å². The van der Waals surface area contributed by atoms with Gasteiger partial charge in [0.2, 0.25) is 0 Å². The smallest absolute Gasteiger partial charge is 0.140 e. The van der Waals surface area contributed by atoms with Crippen LogP contribution in [0.2, 0.25) is 0 Å². The van der Waals surface area contributed by atoms with Crippen molar-refractivity contribution >= 4 is 62.5 Å². The van der Waals surface area contributed by atoms with E-state index in [2.05, 4.69) is 113 Å². The van der Waals surface area contributed by atoms with Crippen LogP contribution in [0.3, 0.4) is 0 Å². The van der Waals surface area contributed by atoms with Crippen molar-refractivity contribution in [2.45, 2.75) is 6.92 Å². The lowest BCUT2D eigenvalue weighted by atomic mass is 10.1. The topological polar surface area (TPSA) is 37.1 Å². The zero-order valence-corrected chi connectivity index (χ0v) is 20.3. The van der Waals surface area contributed by atoms with E-state index in [1.807, 2.05) is 18.2 Å². The van der Waals surface area contributed by atoms with Gasteiger partial charge in [-0.2, -0.15) is 0 Å². The molecule has 0 fully saturated rings. The lowest BCUT2D eigenvalue weighted by molar-refractivity contribution is 0.575. The number of aryl methyl sites for hydroxylation is 1. The molecule has 7 aromatic rings. The molecule has 0 spiro atoms. The molecule has 1 N–H and O–H groups in total. The van der Waals surface area contributed by atoms with Crippen LogP contribution in [0.15, 0.2) is 101 Å². The Hall–Kier alpha value is -4.96. The van der Waals surface area contributed by atoms with E-state index in [4.69, 9.17) is 4.42 Å². The number of rotatable bonds is 2. The summed E-state index contributed by atoms with van der Waals surface area (Å²) in [7, 11) is 0. The fraction of sp³-hybridized carbons (Fsp3) is 0.0303. The highest BCUT2D eigenvalue weighted by Gasteiger charge is 2.32. The maximum Gasteiger partial charge on any atom is 0.140 e. The van der Waals surface area contributed by atoms with E-state index >= 15 is 0 Å². The first-order valence-electron chi connectivity index (χ1n) is 12.5. The van der Waals surface area contributed by atoms with E-state index < -0.39 is 0 Å². The molecule has 8 rings (SSSR count). The Balaban J connectivity index is 1.53. The summed E-state index contributed by atoms with van der Waals surface area (Å²) in [4.78, 5) is 6.12. The number of aromatic nitrogens is 2. The molecular weight excluding hydrogens is 454 g/mol. The monoisotopic (exact) mass is 477 g/mol. The second-order valence-electron chi connectivity index (χ2n) is 9.64. The van der Waals surface area contributed by atoms with Crippen molar-refractivity contribution in [2.75, 3.05) is 4.90 Å². The summed E-state index contributed by atoms with van der Waals surface area (Å²) in [5.74, 6) is 1.05. The molecule has 37 heavy (non-hydrogen) atoms. The number of H-pyrrole nitrogens is 1. The zero-order chi connectivity index (χ0) is 24.7. The number of aromatic amines is 1. The van der Waals surface area contributed by atoms with Gasteiger partial charge in [0.25, 0.3) is 0 Å². The van der Waals surface area contributed by atoms with Gasteiger partial charge in [-0.1, -0.05) is 73.3 Å². The molecular formula is C33H23N3O. The molecule has 176 valence electrons. The van der Waals surface area contributed by atoms with E-state index in [-0.39, 0.29) is 0 Å². The number of furan rings is 1. The molecule has 0 amide bonds. The summed E-state index contributed by atoms with van der Waals surface area (Å²) >= 11 is 0. The van der Waals surface area contributed by atoms with Crippen molar-refractivity contribution in [3.8, 4) is 5.82 Å². The molecule has 0 aliphatic carbocycles. The summed E-state index contributed by atoms with van der Waals surface area (Å²) in [6.07, 6.45) is 2.14. The summed E-state index contributed by atoms with van der Waals surface area (Å²) in [5.41, 5.74) is 9.55. The molecule has 1 aliphatic rings. The van der Waals surface area contributed by atoms with Gasteiger partial charge < -0.3 is 14.3 Å². The van der Waals surface area contributed by atoms with E-state index in [1.54, 1.807) is 0 Å². The number of benzene rings is 4. The average Bonchev–Trinajstić information content (AvgIpc) is 3.56. The molecule has 0 bridgehead atoms. The fourth-order valence-electron chi connectivity index (χ4n) is 5.92. The minimum absolute atomic E-state index is 0.778. The molecule has 0 saturated carbocycles. The lowest BCUT2D eigenvalue weighted by Gasteiger charge is -2.31. The van der Waals surface area contributed by atoms with Gasteiger partial charge >= 0.3 is 0 Å². The molecule has 4 aromatic carbocycles. The van der Waals surface area contributed by atoms with E-state index in [9.17, 15) is 0 Å². The lowest BCUT2D eigenvalue weighted by Crippen LogP contribution is -2.20. The minimum atomic E-state index is 0.778. The summed E-state index contributed by atoms with van der Waals surface area (Å²) in [5, 5.41) is 4.44. The SMILES string of the molecule is C=c1/c(=C\c2c(C)[nH]c3c2N(c2ccccc2)c2cccc4c5ccccc5n-3c24)oc2ccccc12. The van der Waals surface area contributed by atoms with Crippen LogP contribution in [-0.2, 0) is 0 Å². The van der Waals surface area contributed by atoms with Crippen LogP contribution in [0.1, 0.15) is 11.3 Å². The Morgan fingerprint density at radius 2 is 1.51 bits per heavy atom. The van der Waals surface area contributed by atoms with E-state index in [0.717, 1.165) is 55.7 Å². The molecule has 0 radical (unpaired) electrons. The number of para-hydroxylation sites is 4. The second-order valence-corrected chi connectivity index (χ2v) is 9.64. The maximum atomic E-state index is 6.28. The quantitative estimate of drug-likeness (QED) is 0.286. The van der Waals surface area contributed by atoms with Gasteiger partial charge in [-0.25, -0.2) is 0 Å². The molecule has 4 nitrogen and oxygen atoms in total. The third-order valence-corrected chi connectivity index (χ3v) is 7.57. The van der Waals surface area contributed by atoms with Gasteiger partial charge in [0, 0.05) is 38.3 Å². The Kier molecular flexibility index (Phi) is 3.98. The van der Waals surface area contributed by atoms with Gasteiger partial charge in [-0.3, -0.25) is 4.57 Å². The van der Waals surface area contributed by atoms with E-state index in [1.165, 1.54) is 21.8 Å². The van der Waals surface area contributed by atoms with Gasteiger partial charge in [-0.15, -0.1) is 0 Å². The second kappa shape index (κ2) is 7.28. The number of fused-ring (bicyclic) bond motifs is 6. The molecule has 4 heteroatoms. The third-order valence-electron chi connectivity index (χ3n) is 7.57. The number of nitrogens with one attached hydrogen (secondary N) is 1. The Bertz CT molecular complexity index is 2130. The molecule has 1 aliphatic heterocycles. The number of hydrogen-bond acceptors (Lipinski definition) is 2. The third kappa shape index (κ3) is 2.67. The van der Waals surface area contributed by atoms with Gasteiger partial charge in [0.1, 0.15) is 16.8 Å². The van der Waals surface area contributed by atoms with Crippen LogP contribution in [0.4, 0.5) is 17.1 Å². The van der Waals surface area contributed by atoms with Crippen molar-refractivity contribution in [3.63, 3.8) is 0 Å². The van der Waals surface area contributed by atoms with Crippen molar-refractivity contribution < 1.29 is 4.42 Å². The van der Waals surface area contributed by atoms with Gasteiger partial charge in [-0.05, 0) is 43.3 Å². The maximum absolute atomic E-state index is 6.28. The van der Waals surface area contributed by atoms with Crippen molar-refractivity contribution in [2.24, 2.45) is 0 Å². The van der Waals surface area contributed by atoms with Crippen LogP contribution in [0, 0.1) is 6.92 Å². The molecule has 3 aromatic heterocycles. The molecule has 0 atom stereocenters. The zero-order valence-electron chi connectivity index (χ0n) is 20.3. The van der Waals surface area contributed by atoms with Crippen LogP contribution in [-0.4, -0.2) is 9.55 Å². The average molecular weight is 478 g/mol. The van der Waals surface area contributed by atoms with Crippen LogP contribution in [0.5, 0.6) is 0 Å².